The van der Waals surface area contributed by atoms with Crippen LogP contribution >= 0.6 is 11.8 Å². The van der Waals surface area contributed by atoms with Crippen LogP contribution in [0.1, 0.15) is 6.99 Å². The van der Waals surface area contributed by atoms with E-state index in [1.165, 1.54) is 0 Å². The first kappa shape index (κ1) is 15.5. The molecule has 0 atom stereocenters. The van der Waals surface area contributed by atoms with Crippen LogP contribution in [0.3, 0.4) is 0 Å². The Labute approximate surface area is 138 Å². The van der Waals surface area contributed by atoms with Crippen molar-refractivity contribution in [3.63, 3.8) is 0 Å². The Morgan fingerprint density at radius 3 is 2.47 bits per heavy atom. The van der Waals surface area contributed by atoms with Crippen molar-refractivity contribution in [2.24, 2.45) is 0 Å². The number of rotatable bonds is 3. The summed E-state index contributed by atoms with van der Waals surface area (Å²) in [5, 5.41) is -0.263. The molecule has 15 heavy (non-hydrogen) atoms. The molecule has 0 saturated heterocycles. The van der Waals surface area contributed by atoms with Gasteiger partial charge in [-0.05, 0) is 35.7 Å². The third-order valence-electron chi connectivity index (χ3n) is 1.68. The fourth-order valence-corrected chi connectivity index (χ4v) is 1.10. The zero-order valence-electron chi connectivity index (χ0n) is 10.1. The molecule has 3 nitrogen and oxygen atoms in total. The summed E-state index contributed by atoms with van der Waals surface area (Å²) in [4.78, 5) is 10.8. The standard InChI is InChI=1S/C10H12O3S.K.H/c1-12-9-5-3-8(4-6-9)7-13-10(11)14-2;;/h3-6H,7H2,1-2H3;;/q;+1;-1. The molecule has 0 aliphatic heterocycles. The molecule has 0 saturated carbocycles. The average molecular weight is 252 g/mol. The van der Waals surface area contributed by atoms with Gasteiger partial charge in [-0.1, -0.05) is 12.1 Å². The molecule has 1 aromatic rings. The maximum atomic E-state index is 10.8. The molecule has 5 heteroatoms. The van der Waals surface area contributed by atoms with Gasteiger partial charge < -0.3 is 10.9 Å². The molecule has 0 fully saturated rings. The van der Waals surface area contributed by atoms with Crippen molar-refractivity contribution in [3.8, 4) is 5.75 Å². The van der Waals surface area contributed by atoms with Crippen LogP contribution in [-0.2, 0) is 11.3 Å². The minimum absolute atomic E-state index is 0. The average Bonchev–Trinajstić information content (AvgIpc) is 2.26. The van der Waals surface area contributed by atoms with Gasteiger partial charge in [-0.15, -0.1) is 0 Å². The predicted octanol–water partition coefficient (Wildman–Crippen LogP) is -0.189. The van der Waals surface area contributed by atoms with E-state index in [-0.39, 0.29) is 58.1 Å². The van der Waals surface area contributed by atoms with Crippen LogP contribution in [0.25, 0.3) is 0 Å². The van der Waals surface area contributed by atoms with E-state index in [1.54, 1.807) is 13.4 Å². The number of hydrogen-bond acceptors (Lipinski definition) is 4. The largest absolute Gasteiger partial charge is 1.00 e. The SMILES string of the molecule is COc1ccc(COC(=O)SC)cc1.[H-].[K+]. The van der Waals surface area contributed by atoms with Crippen molar-refractivity contribution in [1.82, 2.24) is 0 Å². The van der Waals surface area contributed by atoms with Gasteiger partial charge in [0.15, 0.2) is 0 Å². The Balaban J connectivity index is 0. The number of benzene rings is 1. The number of thioether (sulfide) groups is 1. The fraction of sp³-hybridized carbons (Fsp3) is 0.300. The van der Waals surface area contributed by atoms with Crippen LogP contribution in [0.15, 0.2) is 24.3 Å². The van der Waals surface area contributed by atoms with E-state index in [9.17, 15) is 4.79 Å². The minimum Gasteiger partial charge on any atom is -1.00 e. The summed E-state index contributed by atoms with van der Waals surface area (Å²) in [6, 6.07) is 7.41. The van der Waals surface area contributed by atoms with E-state index in [0.717, 1.165) is 23.1 Å². The predicted molar refractivity (Wildman–Crippen MR) is 57.8 cm³/mol. The second-order valence-electron chi connectivity index (χ2n) is 2.59. The Morgan fingerprint density at radius 1 is 1.40 bits per heavy atom. The smallest absolute Gasteiger partial charge is 1.00 e. The second kappa shape index (κ2) is 8.61. The van der Waals surface area contributed by atoms with Crippen molar-refractivity contribution in [1.29, 1.82) is 0 Å². The van der Waals surface area contributed by atoms with Crippen molar-refractivity contribution >= 4 is 17.1 Å². The fourth-order valence-electron chi connectivity index (χ4n) is 0.923. The van der Waals surface area contributed by atoms with Crippen LogP contribution in [-0.4, -0.2) is 18.7 Å². The third-order valence-corrected chi connectivity index (χ3v) is 2.13. The zero-order valence-corrected chi connectivity index (χ0v) is 13.1. The molecule has 0 heterocycles. The van der Waals surface area contributed by atoms with Crippen molar-refractivity contribution in [2.45, 2.75) is 6.61 Å². The van der Waals surface area contributed by atoms with Gasteiger partial charge in [0.2, 0.25) is 0 Å². The topological polar surface area (TPSA) is 35.5 Å². The van der Waals surface area contributed by atoms with E-state index in [4.69, 9.17) is 9.47 Å². The molecule has 0 unspecified atom stereocenters. The molecule has 0 bridgehead atoms. The van der Waals surface area contributed by atoms with E-state index < -0.39 is 0 Å². The van der Waals surface area contributed by atoms with Crippen molar-refractivity contribution in [2.75, 3.05) is 13.4 Å². The van der Waals surface area contributed by atoms with E-state index >= 15 is 0 Å². The zero-order chi connectivity index (χ0) is 10.4. The maximum Gasteiger partial charge on any atom is 1.00 e. The van der Waals surface area contributed by atoms with E-state index in [0.29, 0.717) is 6.61 Å². The van der Waals surface area contributed by atoms with Gasteiger partial charge in [-0.2, -0.15) is 0 Å². The van der Waals surface area contributed by atoms with Crippen molar-refractivity contribution in [3.05, 3.63) is 29.8 Å². The van der Waals surface area contributed by atoms with Crippen molar-refractivity contribution < 1.29 is 67.1 Å². The molecule has 0 amide bonds. The Morgan fingerprint density at radius 2 is 2.00 bits per heavy atom. The van der Waals surface area contributed by atoms with Gasteiger partial charge in [0.1, 0.15) is 12.4 Å². The summed E-state index contributed by atoms with van der Waals surface area (Å²) < 4.78 is 9.94. The summed E-state index contributed by atoms with van der Waals surface area (Å²) in [6.07, 6.45) is 1.69. The number of methoxy groups -OCH3 is 1. The van der Waals surface area contributed by atoms with Gasteiger partial charge >= 0.3 is 56.7 Å². The molecule has 0 radical (unpaired) electrons. The first-order valence-corrected chi connectivity index (χ1v) is 5.32. The van der Waals surface area contributed by atoms with Gasteiger partial charge in [0, 0.05) is 0 Å². The van der Waals surface area contributed by atoms with Crippen LogP contribution in [0.2, 0.25) is 0 Å². The number of carbonyl (C=O) groups is 1. The number of hydrogen-bond donors (Lipinski definition) is 0. The molecule has 0 spiro atoms. The molecular weight excluding hydrogens is 239 g/mol. The maximum absolute atomic E-state index is 10.8. The molecule has 1 aromatic carbocycles. The summed E-state index contributed by atoms with van der Waals surface area (Å²) in [5.74, 6) is 0.796. The summed E-state index contributed by atoms with van der Waals surface area (Å²) in [6.45, 7) is 0.309. The van der Waals surface area contributed by atoms with Crippen LogP contribution in [0, 0.1) is 0 Å². The first-order chi connectivity index (χ1) is 6.76. The van der Waals surface area contributed by atoms with Gasteiger partial charge in [0.25, 0.3) is 0 Å². The molecule has 0 aliphatic rings. The van der Waals surface area contributed by atoms with Crippen LogP contribution in [0.5, 0.6) is 5.75 Å². The number of carbonyl (C=O) groups excluding carboxylic acids is 1. The normalized spacial score (nSPS) is 8.93. The molecule has 1 rings (SSSR count). The molecule has 0 aromatic heterocycles. The van der Waals surface area contributed by atoms with Gasteiger partial charge in [0.05, 0.1) is 7.11 Å². The molecule has 78 valence electrons. The minimum atomic E-state index is -0.263. The molecule has 0 aliphatic carbocycles. The Hall–Kier alpha value is 0.476. The van der Waals surface area contributed by atoms with E-state index in [1.807, 2.05) is 24.3 Å². The first-order valence-electron chi connectivity index (χ1n) is 4.10. The molecule has 0 N–H and O–H groups in total. The van der Waals surface area contributed by atoms with E-state index in [2.05, 4.69) is 0 Å². The van der Waals surface area contributed by atoms with Crippen LogP contribution in [0.4, 0.5) is 4.79 Å². The summed E-state index contributed by atoms with van der Waals surface area (Å²) in [5.41, 5.74) is 0.952. The Bertz CT molecular complexity index is 305. The van der Waals surface area contributed by atoms with Gasteiger partial charge in [-0.3, -0.25) is 0 Å². The second-order valence-corrected chi connectivity index (χ2v) is 3.33. The monoisotopic (exact) mass is 252 g/mol. The van der Waals surface area contributed by atoms with Gasteiger partial charge in [-0.25, -0.2) is 4.79 Å². The summed E-state index contributed by atoms with van der Waals surface area (Å²) in [7, 11) is 1.61. The Kier molecular flexibility index (Phi) is 8.88. The summed E-state index contributed by atoms with van der Waals surface area (Å²) >= 11 is 1.07. The molecular formula is C10H13KO3S. The van der Waals surface area contributed by atoms with Crippen LogP contribution < -0.4 is 56.1 Å². The third kappa shape index (κ3) is 5.94. The number of ether oxygens (including phenoxy) is 2. The quantitative estimate of drug-likeness (QED) is 0.552.